The smallest absolute Gasteiger partial charge is 0.253 e. The highest BCUT2D eigenvalue weighted by Gasteiger charge is 2.40. The quantitative estimate of drug-likeness (QED) is 0.836. The van der Waals surface area contributed by atoms with Gasteiger partial charge in [0.1, 0.15) is 5.75 Å². The van der Waals surface area contributed by atoms with Crippen LogP contribution in [0.15, 0.2) is 48.5 Å². The number of hydrogen-bond acceptors (Lipinski definition) is 3. The van der Waals surface area contributed by atoms with Crippen molar-refractivity contribution < 1.29 is 14.3 Å². The molecule has 2 aromatic carbocycles. The van der Waals surface area contributed by atoms with E-state index in [0.29, 0.717) is 25.2 Å². The summed E-state index contributed by atoms with van der Waals surface area (Å²) in [5.41, 5.74) is 2.80. The first kappa shape index (κ1) is 19.9. The molecule has 148 valence electrons. The van der Waals surface area contributed by atoms with Crippen molar-refractivity contribution in [2.45, 2.75) is 26.2 Å². The molecular formula is C23H28N2O3. The molecule has 0 saturated carbocycles. The number of nitrogens with one attached hydrogen (secondary N) is 1. The summed E-state index contributed by atoms with van der Waals surface area (Å²) in [5.74, 6) is 0.413. The summed E-state index contributed by atoms with van der Waals surface area (Å²) in [7, 11) is 1.63. The van der Waals surface area contributed by atoms with Gasteiger partial charge >= 0.3 is 0 Å². The van der Waals surface area contributed by atoms with Crippen molar-refractivity contribution in [3.8, 4) is 5.75 Å². The number of methoxy groups -OCH3 is 1. The Kier molecular flexibility index (Phi) is 6.34. The number of benzene rings is 2. The standard InChI is InChI=1S/C23H28N2O3/c1-4-12-24-22(26)21-15-25(23(27)17-10-8-16(2)9-11-17)14-20(21)18-6-5-7-19(13-18)28-3/h5-11,13,20-21H,4,12,14-15H2,1-3H3,(H,24,26)/t20-,21-/m1/s1. The number of aryl methyl sites for hydroxylation is 1. The molecule has 1 fully saturated rings. The predicted octanol–water partition coefficient (Wildman–Crippen LogP) is 3.39. The number of ether oxygens (including phenoxy) is 1. The van der Waals surface area contributed by atoms with Gasteiger partial charge in [-0.25, -0.2) is 0 Å². The average molecular weight is 380 g/mol. The summed E-state index contributed by atoms with van der Waals surface area (Å²) >= 11 is 0. The van der Waals surface area contributed by atoms with E-state index in [9.17, 15) is 9.59 Å². The third-order valence-corrected chi connectivity index (χ3v) is 5.31. The lowest BCUT2D eigenvalue weighted by molar-refractivity contribution is -0.124. The van der Waals surface area contributed by atoms with E-state index < -0.39 is 0 Å². The molecule has 5 nitrogen and oxygen atoms in total. The fraction of sp³-hybridized carbons (Fsp3) is 0.391. The van der Waals surface area contributed by atoms with Crippen LogP contribution in [-0.4, -0.2) is 43.5 Å². The van der Waals surface area contributed by atoms with Crippen molar-refractivity contribution >= 4 is 11.8 Å². The lowest BCUT2D eigenvalue weighted by atomic mass is 9.88. The van der Waals surface area contributed by atoms with Crippen LogP contribution in [0.2, 0.25) is 0 Å². The Balaban J connectivity index is 1.86. The van der Waals surface area contributed by atoms with Gasteiger partial charge in [0.05, 0.1) is 13.0 Å². The first-order valence-corrected chi connectivity index (χ1v) is 9.81. The Morgan fingerprint density at radius 1 is 1.14 bits per heavy atom. The zero-order valence-electron chi connectivity index (χ0n) is 16.8. The lowest BCUT2D eigenvalue weighted by Gasteiger charge is -2.18. The van der Waals surface area contributed by atoms with Gasteiger partial charge in [0.25, 0.3) is 5.91 Å². The second-order valence-corrected chi connectivity index (χ2v) is 7.36. The van der Waals surface area contributed by atoms with Crippen molar-refractivity contribution in [1.29, 1.82) is 0 Å². The molecule has 2 amide bonds. The van der Waals surface area contributed by atoms with Crippen molar-refractivity contribution in [3.63, 3.8) is 0 Å². The molecule has 1 aliphatic heterocycles. The van der Waals surface area contributed by atoms with Gasteiger partial charge in [0, 0.05) is 31.1 Å². The largest absolute Gasteiger partial charge is 0.497 e. The summed E-state index contributed by atoms with van der Waals surface area (Å²) < 4.78 is 5.35. The van der Waals surface area contributed by atoms with E-state index in [2.05, 4.69) is 5.32 Å². The first-order chi connectivity index (χ1) is 13.5. The lowest BCUT2D eigenvalue weighted by Crippen LogP contribution is -2.36. The number of amides is 2. The number of nitrogens with zero attached hydrogens (tertiary/aromatic N) is 1. The van der Waals surface area contributed by atoms with Gasteiger partial charge < -0.3 is 15.0 Å². The zero-order chi connectivity index (χ0) is 20.1. The average Bonchev–Trinajstić information content (AvgIpc) is 3.17. The van der Waals surface area contributed by atoms with Crippen LogP contribution in [0.1, 0.15) is 40.7 Å². The minimum Gasteiger partial charge on any atom is -0.497 e. The van der Waals surface area contributed by atoms with E-state index in [0.717, 1.165) is 23.3 Å². The number of carbonyl (C=O) groups excluding carboxylic acids is 2. The van der Waals surface area contributed by atoms with Crippen LogP contribution in [-0.2, 0) is 4.79 Å². The third-order valence-electron chi connectivity index (χ3n) is 5.31. The van der Waals surface area contributed by atoms with Crippen molar-refractivity contribution in [3.05, 3.63) is 65.2 Å². The number of carbonyl (C=O) groups is 2. The molecule has 0 unspecified atom stereocenters. The molecule has 0 spiro atoms. The second-order valence-electron chi connectivity index (χ2n) is 7.36. The fourth-order valence-corrected chi connectivity index (χ4v) is 3.70. The van der Waals surface area contributed by atoms with E-state index in [1.807, 2.05) is 62.4 Å². The van der Waals surface area contributed by atoms with Crippen molar-refractivity contribution in [1.82, 2.24) is 10.2 Å². The Hall–Kier alpha value is -2.82. The van der Waals surface area contributed by atoms with Crippen LogP contribution >= 0.6 is 0 Å². The summed E-state index contributed by atoms with van der Waals surface area (Å²) in [4.78, 5) is 27.6. The molecule has 3 rings (SSSR count). The maximum absolute atomic E-state index is 13.0. The summed E-state index contributed by atoms with van der Waals surface area (Å²) in [6.07, 6.45) is 0.883. The van der Waals surface area contributed by atoms with Crippen LogP contribution in [0.5, 0.6) is 5.75 Å². The zero-order valence-corrected chi connectivity index (χ0v) is 16.8. The monoisotopic (exact) mass is 380 g/mol. The number of likely N-dealkylation sites (tertiary alicyclic amines) is 1. The van der Waals surface area contributed by atoms with E-state index >= 15 is 0 Å². The number of hydrogen-bond donors (Lipinski definition) is 1. The molecule has 0 aliphatic carbocycles. The Bertz CT molecular complexity index is 832. The number of rotatable bonds is 6. The molecule has 28 heavy (non-hydrogen) atoms. The second kappa shape index (κ2) is 8.91. The van der Waals surface area contributed by atoms with Gasteiger partial charge in [0.15, 0.2) is 0 Å². The Labute approximate surface area is 166 Å². The molecule has 0 bridgehead atoms. The predicted molar refractivity (Wildman–Crippen MR) is 110 cm³/mol. The molecule has 1 heterocycles. The van der Waals surface area contributed by atoms with Gasteiger partial charge in [-0.2, -0.15) is 0 Å². The highest BCUT2D eigenvalue weighted by Crippen LogP contribution is 2.35. The van der Waals surface area contributed by atoms with Gasteiger partial charge in [-0.05, 0) is 43.2 Å². The fourth-order valence-electron chi connectivity index (χ4n) is 3.70. The molecule has 2 atom stereocenters. The highest BCUT2D eigenvalue weighted by atomic mass is 16.5. The van der Waals surface area contributed by atoms with Gasteiger partial charge in [-0.15, -0.1) is 0 Å². The van der Waals surface area contributed by atoms with Gasteiger partial charge in [-0.3, -0.25) is 9.59 Å². The molecule has 1 N–H and O–H groups in total. The summed E-state index contributed by atoms with van der Waals surface area (Å²) in [6, 6.07) is 15.4. The maximum Gasteiger partial charge on any atom is 0.253 e. The van der Waals surface area contributed by atoms with Crippen molar-refractivity contribution in [2.75, 3.05) is 26.7 Å². The molecule has 0 aromatic heterocycles. The Morgan fingerprint density at radius 2 is 1.89 bits per heavy atom. The van der Waals surface area contributed by atoms with Gasteiger partial charge in [0.2, 0.25) is 5.91 Å². The molecule has 1 saturated heterocycles. The van der Waals surface area contributed by atoms with E-state index in [4.69, 9.17) is 4.74 Å². The summed E-state index contributed by atoms with van der Waals surface area (Å²) in [5, 5.41) is 3.00. The van der Waals surface area contributed by atoms with Crippen LogP contribution in [0, 0.1) is 12.8 Å². The van der Waals surface area contributed by atoms with Gasteiger partial charge in [-0.1, -0.05) is 36.8 Å². The molecule has 1 aliphatic rings. The van der Waals surface area contributed by atoms with Crippen LogP contribution in [0.3, 0.4) is 0 Å². The highest BCUT2D eigenvalue weighted by molar-refractivity contribution is 5.95. The normalized spacial score (nSPS) is 18.8. The third kappa shape index (κ3) is 4.35. The van der Waals surface area contributed by atoms with Crippen LogP contribution in [0.4, 0.5) is 0 Å². The minimum absolute atomic E-state index is 0.00822. The van der Waals surface area contributed by atoms with E-state index in [1.165, 1.54) is 0 Å². The maximum atomic E-state index is 13.0. The molecule has 5 heteroatoms. The first-order valence-electron chi connectivity index (χ1n) is 9.81. The summed E-state index contributed by atoms with van der Waals surface area (Å²) in [6.45, 7) is 5.61. The topological polar surface area (TPSA) is 58.6 Å². The molecule has 2 aromatic rings. The SMILES string of the molecule is CCCNC(=O)[C@@H]1CN(C(=O)c2ccc(C)cc2)C[C@@H]1c1cccc(OC)c1. The van der Waals surface area contributed by atoms with Crippen LogP contribution < -0.4 is 10.1 Å². The van der Waals surface area contributed by atoms with Crippen molar-refractivity contribution in [2.24, 2.45) is 5.92 Å². The molecular weight excluding hydrogens is 352 g/mol. The Morgan fingerprint density at radius 3 is 2.57 bits per heavy atom. The minimum atomic E-state index is -0.270. The van der Waals surface area contributed by atoms with E-state index in [1.54, 1.807) is 12.0 Å². The van der Waals surface area contributed by atoms with E-state index in [-0.39, 0.29) is 23.7 Å². The van der Waals surface area contributed by atoms with Crippen LogP contribution in [0.25, 0.3) is 0 Å². The molecule has 0 radical (unpaired) electrons.